The molecule has 0 heterocycles. The minimum Gasteiger partial charge on any atom is -0.293 e. The molecule has 9 heteroatoms. The molecule has 0 fully saturated rings. The second-order valence-electron chi connectivity index (χ2n) is 3.31. The molecule has 1 rings (SSSR count). The van der Waals surface area contributed by atoms with Crippen LogP contribution in [0.25, 0.3) is 0 Å². The Kier molecular flexibility index (Phi) is 4.11. The fraction of sp³-hybridized carbons (Fsp3) is 0.200. The van der Waals surface area contributed by atoms with Crippen LogP contribution in [-0.4, -0.2) is 16.6 Å². The zero-order valence-corrected chi connectivity index (χ0v) is 9.75. The van der Waals surface area contributed by atoms with Crippen molar-refractivity contribution in [3.8, 4) is 6.07 Å². The largest absolute Gasteiger partial charge is 0.423 e. The molecule has 0 bridgehead atoms. The third-order valence-electron chi connectivity index (χ3n) is 2.20. The lowest BCUT2D eigenvalue weighted by atomic mass is 9.99. The van der Waals surface area contributed by atoms with Gasteiger partial charge in [0.25, 0.3) is 5.69 Å². The monoisotopic (exact) mass is 292 g/mol. The number of alkyl halides is 4. The highest BCUT2D eigenvalue weighted by Crippen LogP contribution is 2.39. The van der Waals surface area contributed by atoms with E-state index in [1.54, 1.807) is 0 Å². The summed E-state index contributed by atoms with van der Waals surface area (Å²) in [6, 6.07) is 2.35. The number of nitrogens with zero attached hydrogens (tertiary/aromatic N) is 2. The molecule has 0 atom stereocenters. The highest BCUT2D eigenvalue weighted by Gasteiger charge is 2.41. The predicted molar refractivity (Wildman–Crippen MR) is 57.9 cm³/mol. The number of hydrogen-bond acceptors (Lipinski definition) is 4. The fourth-order valence-corrected chi connectivity index (χ4v) is 1.57. The number of Topliss-reactive ketones (excluding diaryl/α,β-unsaturated/α-hetero) is 1. The lowest BCUT2D eigenvalue weighted by Crippen LogP contribution is -2.13. The summed E-state index contributed by atoms with van der Waals surface area (Å²) in [5, 5.41) is 19.5. The molecule has 0 aromatic heterocycles. The average molecular weight is 293 g/mol. The first-order chi connectivity index (χ1) is 8.73. The number of halogens is 4. The molecule has 1 aromatic rings. The maximum atomic E-state index is 12.6. The topological polar surface area (TPSA) is 84.0 Å². The van der Waals surface area contributed by atoms with Gasteiger partial charge in [-0.25, -0.2) is 0 Å². The Labute approximate surface area is 109 Å². The molecule has 0 radical (unpaired) electrons. The number of hydrogen-bond donors (Lipinski definition) is 0. The number of benzene rings is 1. The van der Waals surface area contributed by atoms with Crippen molar-refractivity contribution in [2.75, 3.05) is 5.88 Å². The molecule has 1 aromatic carbocycles. The molecular formula is C10H4ClF3N2O3. The van der Waals surface area contributed by atoms with Crippen LogP contribution in [0.2, 0.25) is 0 Å². The van der Waals surface area contributed by atoms with E-state index in [0.29, 0.717) is 12.1 Å². The average Bonchev–Trinajstić information content (AvgIpc) is 2.34. The van der Waals surface area contributed by atoms with Crippen LogP contribution < -0.4 is 0 Å². The molecule has 0 unspecified atom stereocenters. The van der Waals surface area contributed by atoms with E-state index in [-0.39, 0.29) is 0 Å². The van der Waals surface area contributed by atoms with Crippen LogP contribution in [0.1, 0.15) is 21.5 Å². The Balaban J connectivity index is 3.73. The number of nitro groups is 1. The SMILES string of the molecule is N#Cc1c(C(=O)CCl)ccc(C(F)(F)F)c1[N+](=O)[O-]. The molecule has 0 aliphatic heterocycles. The summed E-state index contributed by atoms with van der Waals surface area (Å²) in [4.78, 5) is 20.7. The van der Waals surface area contributed by atoms with Gasteiger partial charge in [-0.3, -0.25) is 14.9 Å². The minimum atomic E-state index is -5.00. The van der Waals surface area contributed by atoms with E-state index in [1.165, 1.54) is 6.07 Å². The van der Waals surface area contributed by atoms with E-state index in [1.807, 2.05) is 0 Å². The summed E-state index contributed by atoms with van der Waals surface area (Å²) in [6.45, 7) is 0. The predicted octanol–water partition coefficient (Wildman–Crippen LogP) is 2.91. The number of carbonyl (C=O) groups is 1. The number of ketones is 1. The van der Waals surface area contributed by atoms with Gasteiger partial charge in [0, 0.05) is 5.56 Å². The van der Waals surface area contributed by atoms with Crippen LogP contribution in [0.3, 0.4) is 0 Å². The lowest BCUT2D eigenvalue weighted by Gasteiger charge is -2.10. The van der Waals surface area contributed by atoms with Gasteiger partial charge in [0.05, 0.1) is 10.8 Å². The molecule has 0 aliphatic rings. The Hall–Kier alpha value is -2.14. The first kappa shape index (κ1) is 14.9. The van der Waals surface area contributed by atoms with Crippen molar-refractivity contribution in [1.29, 1.82) is 5.26 Å². The molecule has 0 amide bonds. The molecule has 100 valence electrons. The van der Waals surface area contributed by atoms with Crippen molar-refractivity contribution in [3.05, 3.63) is 38.9 Å². The summed E-state index contributed by atoms with van der Waals surface area (Å²) in [6.07, 6.45) is -5.00. The number of carbonyl (C=O) groups excluding carboxylic acids is 1. The van der Waals surface area contributed by atoms with Crippen LogP contribution in [-0.2, 0) is 6.18 Å². The van der Waals surface area contributed by atoms with Crippen LogP contribution in [0.4, 0.5) is 18.9 Å². The first-order valence-corrected chi connectivity index (χ1v) is 5.15. The van der Waals surface area contributed by atoms with Crippen molar-refractivity contribution in [3.63, 3.8) is 0 Å². The zero-order valence-electron chi connectivity index (χ0n) is 8.99. The third-order valence-corrected chi connectivity index (χ3v) is 2.44. The van der Waals surface area contributed by atoms with Crippen molar-refractivity contribution in [2.45, 2.75) is 6.18 Å². The molecule has 19 heavy (non-hydrogen) atoms. The number of nitriles is 1. The van der Waals surface area contributed by atoms with Gasteiger partial charge in [-0.1, -0.05) is 0 Å². The van der Waals surface area contributed by atoms with Crippen LogP contribution in [0.5, 0.6) is 0 Å². The summed E-state index contributed by atoms with van der Waals surface area (Å²) < 4.78 is 37.8. The van der Waals surface area contributed by atoms with E-state index in [0.717, 1.165) is 0 Å². The first-order valence-electron chi connectivity index (χ1n) is 4.61. The maximum Gasteiger partial charge on any atom is 0.423 e. The van der Waals surface area contributed by atoms with Gasteiger partial charge in [0.15, 0.2) is 5.78 Å². The molecule has 5 nitrogen and oxygen atoms in total. The molecule has 0 aliphatic carbocycles. The van der Waals surface area contributed by atoms with E-state index in [2.05, 4.69) is 0 Å². The van der Waals surface area contributed by atoms with Gasteiger partial charge in [0.2, 0.25) is 0 Å². The minimum absolute atomic E-state index is 0.388. The maximum absolute atomic E-state index is 12.6. The van der Waals surface area contributed by atoms with Crippen LogP contribution in [0.15, 0.2) is 12.1 Å². The van der Waals surface area contributed by atoms with E-state index < -0.39 is 45.1 Å². The zero-order chi connectivity index (χ0) is 14.8. The third kappa shape index (κ3) is 2.82. The normalized spacial score (nSPS) is 10.9. The van der Waals surface area contributed by atoms with Crippen molar-refractivity contribution in [2.24, 2.45) is 0 Å². The van der Waals surface area contributed by atoms with E-state index in [9.17, 15) is 28.1 Å². The molecule has 0 saturated carbocycles. The number of rotatable bonds is 3. The summed E-state index contributed by atoms with van der Waals surface area (Å²) in [5.41, 5.74) is -4.46. The summed E-state index contributed by atoms with van der Waals surface area (Å²) >= 11 is 5.23. The molecule has 0 saturated heterocycles. The molecular weight excluding hydrogens is 289 g/mol. The Morgan fingerprint density at radius 3 is 2.42 bits per heavy atom. The highest BCUT2D eigenvalue weighted by atomic mass is 35.5. The van der Waals surface area contributed by atoms with E-state index >= 15 is 0 Å². The van der Waals surface area contributed by atoms with Gasteiger partial charge in [0.1, 0.15) is 17.2 Å². The second-order valence-corrected chi connectivity index (χ2v) is 3.58. The Bertz CT molecular complexity index is 593. The molecule has 0 N–H and O–H groups in total. The van der Waals surface area contributed by atoms with Gasteiger partial charge in [-0.15, -0.1) is 11.6 Å². The highest BCUT2D eigenvalue weighted by molar-refractivity contribution is 6.30. The Morgan fingerprint density at radius 1 is 1.47 bits per heavy atom. The summed E-state index contributed by atoms with van der Waals surface area (Å²) in [7, 11) is 0. The van der Waals surface area contributed by atoms with Gasteiger partial charge < -0.3 is 0 Å². The van der Waals surface area contributed by atoms with Gasteiger partial charge >= 0.3 is 6.18 Å². The quantitative estimate of drug-likeness (QED) is 0.371. The van der Waals surface area contributed by atoms with Crippen molar-refractivity contribution < 1.29 is 22.9 Å². The Morgan fingerprint density at radius 2 is 2.05 bits per heavy atom. The standard InChI is InChI=1S/C10H4ClF3N2O3/c11-3-8(17)5-1-2-7(10(12,13)14)9(16(18)19)6(5)4-15/h1-2H,3H2. The van der Waals surface area contributed by atoms with Gasteiger partial charge in [-0.05, 0) is 12.1 Å². The molecule has 0 spiro atoms. The van der Waals surface area contributed by atoms with E-state index in [4.69, 9.17) is 16.9 Å². The smallest absolute Gasteiger partial charge is 0.293 e. The van der Waals surface area contributed by atoms with Gasteiger partial charge in [-0.2, -0.15) is 18.4 Å². The van der Waals surface area contributed by atoms with Crippen molar-refractivity contribution >= 4 is 23.1 Å². The summed E-state index contributed by atoms with van der Waals surface area (Å²) in [5.74, 6) is -1.47. The van der Waals surface area contributed by atoms with Crippen molar-refractivity contribution in [1.82, 2.24) is 0 Å². The lowest BCUT2D eigenvalue weighted by molar-refractivity contribution is -0.388. The second kappa shape index (κ2) is 5.24. The van der Waals surface area contributed by atoms with Crippen LogP contribution in [0, 0.1) is 21.4 Å². The number of nitro benzene ring substituents is 1. The van der Waals surface area contributed by atoms with Crippen LogP contribution >= 0.6 is 11.6 Å². The fourth-order valence-electron chi connectivity index (χ4n) is 1.43.